The van der Waals surface area contributed by atoms with E-state index in [2.05, 4.69) is 11.9 Å². The zero-order valence-electron chi connectivity index (χ0n) is 19.9. The van der Waals surface area contributed by atoms with E-state index in [0.29, 0.717) is 41.0 Å². The lowest BCUT2D eigenvalue weighted by Gasteiger charge is -2.26. The van der Waals surface area contributed by atoms with Crippen molar-refractivity contribution in [2.75, 3.05) is 18.6 Å². The standard InChI is InChI=1S/C28H23ClN2O6/c1-3-14-36-24-13-6-19(16-25(24)35-2)15-23-26(32)30-28(34)31(27(23)33)21-9-11-22(12-10-21)37-17-18-4-7-20(29)8-5-18/h3-13,15-16H,1,14,17H2,2H3,(H,30,32,34)/b23-15+. The molecule has 188 valence electrons. The number of halogens is 1. The van der Waals surface area contributed by atoms with Gasteiger partial charge in [-0.05, 0) is 65.7 Å². The number of urea groups is 1. The lowest BCUT2D eigenvalue weighted by molar-refractivity contribution is -0.122. The molecule has 4 rings (SSSR count). The monoisotopic (exact) mass is 518 g/mol. The molecule has 1 aliphatic heterocycles. The van der Waals surface area contributed by atoms with E-state index in [0.717, 1.165) is 10.5 Å². The molecule has 9 heteroatoms. The first kappa shape index (κ1) is 25.5. The summed E-state index contributed by atoms with van der Waals surface area (Å²) in [5.74, 6) is -0.0999. The summed E-state index contributed by atoms with van der Waals surface area (Å²) in [5, 5.41) is 2.85. The Morgan fingerprint density at radius 3 is 2.35 bits per heavy atom. The van der Waals surface area contributed by atoms with Gasteiger partial charge in [0.1, 0.15) is 24.5 Å². The van der Waals surface area contributed by atoms with Gasteiger partial charge in [-0.1, -0.05) is 42.5 Å². The molecule has 1 fully saturated rings. The van der Waals surface area contributed by atoms with Crippen LogP contribution in [0.3, 0.4) is 0 Å². The molecule has 0 atom stereocenters. The van der Waals surface area contributed by atoms with Gasteiger partial charge in [0.25, 0.3) is 11.8 Å². The van der Waals surface area contributed by atoms with Gasteiger partial charge in [-0.25, -0.2) is 9.69 Å². The van der Waals surface area contributed by atoms with Crippen molar-refractivity contribution in [2.45, 2.75) is 6.61 Å². The Labute approximate surface area is 218 Å². The highest BCUT2D eigenvalue weighted by Crippen LogP contribution is 2.30. The van der Waals surface area contributed by atoms with Gasteiger partial charge in [-0.15, -0.1) is 0 Å². The van der Waals surface area contributed by atoms with E-state index >= 15 is 0 Å². The third-order valence-corrected chi connectivity index (χ3v) is 5.62. The molecule has 4 amide bonds. The number of nitrogens with zero attached hydrogens (tertiary/aromatic N) is 1. The average Bonchev–Trinajstić information content (AvgIpc) is 2.90. The van der Waals surface area contributed by atoms with Crippen LogP contribution in [0.25, 0.3) is 6.08 Å². The van der Waals surface area contributed by atoms with E-state index in [-0.39, 0.29) is 11.3 Å². The number of hydrogen-bond donors (Lipinski definition) is 1. The molecule has 0 aliphatic carbocycles. The highest BCUT2D eigenvalue weighted by atomic mass is 35.5. The van der Waals surface area contributed by atoms with Gasteiger partial charge in [-0.3, -0.25) is 14.9 Å². The number of anilines is 1. The predicted octanol–water partition coefficient (Wildman–Crippen LogP) is 5.16. The van der Waals surface area contributed by atoms with Crippen LogP contribution in [0.4, 0.5) is 10.5 Å². The van der Waals surface area contributed by atoms with Crippen LogP contribution in [0.5, 0.6) is 17.2 Å². The molecule has 1 saturated heterocycles. The first-order chi connectivity index (χ1) is 17.9. The highest BCUT2D eigenvalue weighted by molar-refractivity contribution is 6.39. The average molecular weight is 519 g/mol. The van der Waals surface area contributed by atoms with E-state index in [9.17, 15) is 14.4 Å². The van der Waals surface area contributed by atoms with Crippen LogP contribution in [0.2, 0.25) is 5.02 Å². The number of hydrogen-bond acceptors (Lipinski definition) is 6. The third kappa shape index (κ3) is 5.99. The topological polar surface area (TPSA) is 94.2 Å². The highest BCUT2D eigenvalue weighted by Gasteiger charge is 2.36. The molecule has 0 bridgehead atoms. The van der Waals surface area contributed by atoms with Gasteiger partial charge in [0.05, 0.1) is 12.8 Å². The van der Waals surface area contributed by atoms with E-state index in [4.69, 9.17) is 25.8 Å². The third-order valence-electron chi connectivity index (χ3n) is 5.37. The van der Waals surface area contributed by atoms with Crippen molar-refractivity contribution in [3.63, 3.8) is 0 Å². The van der Waals surface area contributed by atoms with Gasteiger partial charge < -0.3 is 14.2 Å². The summed E-state index contributed by atoms with van der Waals surface area (Å²) in [6, 6.07) is 17.8. The minimum atomic E-state index is -0.840. The van der Waals surface area contributed by atoms with E-state index in [1.165, 1.54) is 13.2 Å². The Balaban J connectivity index is 1.52. The number of amides is 4. The molecule has 0 saturated carbocycles. The van der Waals surface area contributed by atoms with Crippen molar-refractivity contribution in [3.8, 4) is 17.2 Å². The van der Waals surface area contributed by atoms with Crippen LogP contribution in [0, 0.1) is 0 Å². The van der Waals surface area contributed by atoms with Crippen LogP contribution in [0.1, 0.15) is 11.1 Å². The summed E-state index contributed by atoms with van der Waals surface area (Å²) in [5.41, 5.74) is 1.53. The van der Waals surface area contributed by atoms with Gasteiger partial charge in [-0.2, -0.15) is 0 Å². The van der Waals surface area contributed by atoms with Gasteiger partial charge >= 0.3 is 6.03 Å². The Morgan fingerprint density at radius 2 is 1.68 bits per heavy atom. The zero-order valence-corrected chi connectivity index (χ0v) is 20.7. The fourth-order valence-corrected chi connectivity index (χ4v) is 3.67. The van der Waals surface area contributed by atoms with Crippen LogP contribution >= 0.6 is 11.6 Å². The van der Waals surface area contributed by atoms with Crippen LogP contribution < -0.4 is 24.4 Å². The van der Waals surface area contributed by atoms with Gasteiger partial charge in [0, 0.05) is 5.02 Å². The fourth-order valence-electron chi connectivity index (χ4n) is 3.54. The summed E-state index contributed by atoms with van der Waals surface area (Å²) in [4.78, 5) is 39.2. The number of nitrogens with one attached hydrogen (secondary N) is 1. The zero-order chi connectivity index (χ0) is 26.4. The minimum absolute atomic E-state index is 0.204. The smallest absolute Gasteiger partial charge is 0.335 e. The lowest BCUT2D eigenvalue weighted by Crippen LogP contribution is -2.54. The Morgan fingerprint density at radius 1 is 0.946 bits per heavy atom. The number of imide groups is 2. The second-order valence-electron chi connectivity index (χ2n) is 7.88. The Hall–Kier alpha value is -4.56. The fraction of sp³-hybridized carbons (Fsp3) is 0.107. The largest absolute Gasteiger partial charge is 0.493 e. The van der Waals surface area contributed by atoms with Crippen molar-refractivity contribution in [2.24, 2.45) is 0 Å². The Kier molecular flexibility index (Phi) is 7.90. The number of methoxy groups -OCH3 is 1. The number of rotatable bonds is 9. The quantitative estimate of drug-likeness (QED) is 0.239. The summed E-state index contributed by atoms with van der Waals surface area (Å²) >= 11 is 5.90. The second kappa shape index (κ2) is 11.5. The first-order valence-corrected chi connectivity index (χ1v) is 11.6. The molecule has 3 aromatic rings. The molecule has 3 aromatic carbocycles. The number of ether oxygens (including phenoxy) is 3. The minimum Gasteiger partial charge on any atom is -0.493 e. The summed E-state index contributed by atoms with van der Waals surface area (Å²) in [7, 11) is 1.48. The van der Waals surface area contributed by atoms with Crippen molar-refractivity contribution in [3.05, 3.63) is 101 Å². The number of carbonyl (C=O) groups excluding carboxylic acids is 3. The Bertz CT molecular complexity index is 1370. The van der Waals surface area contributed by atoms with Gasteiger partial charge in [0.15, 0.2) is 11.5 Å². The van der Waals surface area contributed by atoms with Crippen LogP contribution in [0.15, 0.2) is 85.0 Å². The lowest BCUT2D eigenvalue weighted by atomic mass is 10.1. The first-order valence-electron chi connectivity index (χ1n) is 11.2. The molecule has 0 aromatic heterocycles. The summed E-state index contributed by atoms with van der Waals surface area (Å²) < 4.78 is 16.6. The molecule has 8 nitrogen and oxygen atoms in total. The molecule has 0 unspecified atom stereocenters. The van der Waals surface area contributed by atoms with Crippen LogP contribution in [-0.4, -0.2) is 31.6 Å². The molecule has 37 heavy (non-hydrogen) atoms. The molecule has 0 radical (unpaired) electrons. The normalized spacial score (nSPS) is 14.4. The number of carbonyl (C=O) groups is 3. The van der Waals surface area contributed by atoms with E-state index < -0.39 is 17.8 Å². The predicted molar refractivity (Wildman–Crippen MR) is 140 cm³/mol. The molecule has 1 N–H and O–H groups in total. The molecule has 0 spiro atoms. The molecular weight excluding hydrogens is 496 g/mol. The molecule has 1 aliphatic rings. The summed E-state index contributed by atoms with van der Waals surface area (Å²) in [6.45, 7) is 4.22. The van der Waals surface area contributed by atoms with Crippen molar-refractivity contribution in [1.29, 1.82) is 0 Å². The number of benzene rings is 3. The van der Waals surface area contributed by atoms with Crippen LogP contribution in [-0.2, 0) is 16.2 Å². The maximum absolute atomic E-state index is 13.2. The number of barbiturate groups is 1. The van der Waals surface area contributed by atoms with Crippen molar-refractivity contribution in [1.82, 2.24) is 5.32 Å². The van der Waals surface area contributed by atoms with Crippen molar-refractivity contribution >= 4 is 41.2 Å². The summed E-state index contributed by atoms with van der Waals surface area (Å²) in [6.07, 6.45) is 2.99. The van der Waals surface area contributed by atoms with Crippen molar-refractivity contribution < 1.29 is 28.6 Å². The maximum atomic E-state index is 13.2. The SMILES string of the molecule is C=CCOc1ccc(/C=C2\C(=O)NC(=O)N(c3ccc(OCc4ccc(Cl)cc4)cc3)C2=O)cc1OC. The molecule has 1 heterocycles. The maximum Gasteiger partial charge on any atom is 0.335 e. The van der Waals surface area contributed by atoms with E-state index in [1.807, 2.05) is 12.1 Å². The van der Waals surface area contributed by atoms with E-state index in [1.54, 1.807) is 60.7 Å². The second-order valence-corrected chi connectivity index (χ2v) is 8.31. The molecular formula is C28H23ClN2O6. The van der Waals surface area contributed by atoms with Gasteiger partial charge in [0.2, 0.25) is 0 Å².